The van der Waals surface area contributed by atoms with Crippen LogP contribution in [0, 0.1) is 0 Å². The summed E-state index contributed by atoms with van der Waals surface area (Å²) in [6, 6.07) is 3.65. The van der Waals surface area contributed by atoms with Crippen molar-refractivity contribution in [1.82, 2.24) is 9.97 Å². The van der Waals surface area contributed by atoms with Crippen LogP contribution >= 0.6 is 12.4 Å². The van der Waals surface area contributed by atoms with E-state index in [1.165, 1.54) is 0 Å². The van der Waals surface area contributed by atoms with Crippen molar-refractivity contribution >= 4 is 40.7 Å². The van der Waals surface area contributed by atoms with Crippen molar-refractivity contribution in [3.05, 3.63) is 24.5 Å². The molecule has 0 atom stereocenters. The van der Waals surface area contributed by atoms with Crippen LogP contribution in [0.4, 0.5) is 11.4 Å². The highest BCUT2D eigenvalue weighted by Gasteiger charge is 2.30. The first-order chi connectivity index (χ1) is 12.6. The second kappa shape index (κ2) is 9.80. The van der Waals surface area contributed by atoms with E-state index in [0.717, 1.165) is 0 Å². The summed E-state index contributed by atoms with van der Waals surface area (Å²) < 4.78 is 10.5. The topological polar surface area (TPSA) is 106 Å². The smallest absolute Gasteiger partial charge is 0.250 e. The summed E-state index contributed by atoms with van der Waals surface area (Å²) >= 11 is 0. The second-order valence-corrected chi connectivity index (χ2v) is 6.29. The summed E-state index contributed by atoms with van der Waals surface area (Å²) in [5, 5.41) is 16.8. The minimum Gasteiger partial charge on any atom is -0.388 e. The molecule has 0 radical (unpaired) electrons. The predicted octanol–water partition coefficient (Wildman–Crippen LogP) is 1.98. The van der Waals surface area contributed by atoms with Gasteiger partial charge in [0.2, 0.25) is 5.91 Å². The highest BCUT2D eigenvalue weighted by atomic mass is 35.5. The van der Waals surface area contributed by atoms with Gasteiger partial charge in [-0.3, -0.25) is 14.8 Å². The van der Waals surface area contributed by atoms with Crippen molar-refractivity contribution in [2.24, 2.45) is 0 Å². The summed E-state index contributed by atoms with van der Waals surface area (Å²) in [6.45, 7) is 3.66. The fourth-order valence-electron chi connectivity index (χ4n) is 2.86. The predicted molar refractivity (Wildman–Crippen MR) is 105 cm³/mol. The molecule has 0 saturated carbocycles. The van der Waals surface area contributed by atoms with Gasteiger partial charge in [-0.05, 0) is 19.1 Å². The Balaban J connectivity index is 0.00000261. The molecule has 3 heterocycles. The van der Waals surface area contributed by atoms with Gasteiger partial charge >= 0.3 is 0 Å². The Hall–Kier alpha value is -2.00. The number of hydrogen-bond acceptors (Lipinski definition) is 7. The number of anilines is 2. The van der Waals surface area contributed by atoms with E-state index in [9.17, 15) is 9.90 Å². The fraction of sp³-hybridized carbons (Fsp3) is 0.500. The largest absolute Gasteiger partial charge is 0.388 e. The number of aromatic nitrogens is 2. The molecule has 1 aliphatic heterocycles. The Morgan fingerprint density at radius 2 is 2.15 bits per heavy atom. The number of aliphatic hydroxyl groups is 1. The quantitative estimate of drug-likeness (QED) is 0.657. The molecule has 148 valence electrons. The SMILES string of the molecule is CCOCC(=O)Nc1cnc2cccnc2c1NCC1(O)CCOCC1.Cl. The van der Waals surface area contributed by atoms with E-state index in [4.69, 9.17) is 9.47 Å². The van der Waals surface area contributed by atoms with Crippen molar-refractivity contribution in [2.75, 3.05) is 43.6 Å². The van der Waals surface area contributed by atoms with Crippen LogP contribution < -0.4 is 10.6 Å². The number of pyridine rings is 2. The first-order valence-electron chi connectivity index (χ1n) is 8.76. The molecule has 3 N–H and O–H groups in total. The van der Waals surface area contributed by atoms with Crippen LogP contribution in [0.25, 0.3) is 11.0 Å². The summed E-state index contributed by atoms with van der Waals surface area (Å²) in [7, 11) is 0. The number of amides is 1. The van der Waals surface area contributed by atoms with Crippen LogP contribution in [0.3, 0.4) is 0 Å². The molecule has 0 aromatic carbocycles. The van der Waals surface area contributed by atoms with Gasteiger partial charge in [-0.15, -0.1) is 12.4 Å². The summed E-state index contributed by atoms with van der Waals surface area (Å²) in [6.07, 6.45) is 4.37. The molecule has 1 aliphatic rings. The van der Waals surface area contributed by atoms with Crippen molar-refractivity contribution in [3.8, 4) is 0 Å². The number of ether oxygens (including phenoxy) is 2. The van der Waals surface area contributed by atoms with Crippen LogP contribution in [0.2, 0.25) is 0 Å². The standard InChI is InChI=1S/C18H24N4O4.ClH/c1-2-25-11-15(23)22-14-10-20-13-4-3-7-19-16(13)17(14)21-12-18(24)5-8-26-9-6-18;/h3-4,7,10,24H,2,5-6,8-9,11-12H2,1H3,(H,20,21)(H,22,23);1H. The van der Waals surface area contributed by atoms with Gasteiger partial charge in [0.25, 0.3) is 0 Å². The van der Waals surface area contributed by atoms with E-state index >= 15 is 0 Å². The molecular formula is C18H25ClN4O4. The number of nitrogens with zero attached hydrogens (tertiary/aromatic N) is 2. The van der Waals surface area contributed by atoms with E-state index in [0.29, 0.717) is 61.6 Å². The molecule has 1 amide bonds. The first kappa shape index (κ1) is 21.3. The molecule has 1 fully saturated rings. The summed E-state index contributed by atoms with van der Waals surface area (Å²) in [5.74, 6) is -0.267. The molecule has 2 aromatic rings. The molecule has 8 nitrogen and oxygen atoms in total. The maximum absolute atomic E-state index is 12.1. The molecule has 0 bridgehead atoms. The molecule has 0 unspecified atom stereocenters. The van der Waals surface area contributed by atoms with Crippen LogP contribution in [0.5, 0.6) is 0 Å². The Morgan fingerprint density at radius 3 is 2.89 bits per heavy atom. The number of carbonyl (C=O) groups is 1. The molecular weight excluding hydrogens is 372 g/mol. The van der Waals surface area contributed by atoms with Crippen molar-refractivity contribution in [2.45, 2.75) is 25.4 Å². The lowest BCUT2D eigenvalue weighted by Gasteiger charge is -2.32. The molecule has 0 spiro atoms. The minimum atomic E-state index is -0.852. The van der Waals surface area contributed by atoms with Crippen LogP contribution in [0.1, 0.15) is 19.8 Å². The van der Waals surface area contributed by atoms with E-state index in [2.05, 4.69) is 20.6 Å². The number of fused-ring (bicyclic) bond motifs is 1. The maximum atomic E-state index is 12.1. The highest BCUT2D eigenvalue weighted by Crippen LogP contribution is 2.30. The van der Waals surface area contributed by atoms with Gasteiger partial charge in [-0.1, -0.05) is 0 Å². The first-order valence-corrected chi connectivity index (χ1v) is 8.76. The lowest BCUT2D eigenvalue weighted by molar-refractivity contribution is -0.120. The number of rotatable bonds is 7. The van der Waals surface area contributed by atoms with E-state index in [-0.39, 0.29) is 24.9 Å². The van der Waals surface area contributed by atoms with Gasteiger partial charge in [-0.25, -0.2) is 0 Å². The lowest BCUT2D eigenvalue weighted by atomic mass is 9.94. The number of halogens is 1. The van der Waals surface area contributed by atoms with Crippen LogP contribution in [0.15, 0.2) is 24.5 Å². The van der Waals surface area contributed by atoms with Gasteiger partial charge in [0.15, 0.2) is 0 Å². The fourth-order valence-corrected chi connectivity index (χ4v) is 2.86. The minimum absolute atomic E-state index is 0. The average Bonchev–Trinajstić information content (AvgIpc) is 2.66. The molecule has 27 heavy (non-hydrogen) atoms. The zero-order valence-corrected chi connectivity index (χ0v) is 16.1. The van der Waals surface area contributed by atoms with Gasteiger partial charge in [0, 0.05) is 45.4 Å². The number of carbonyl (C=O) groups excluding carboxylic acids is 1. The monoisotopic (exact) mass is 396 g/mol. The van der Waals surface area contributed by atoms with Crippen molar-refractivity contribution in [1.29, 1.82) is 0 Å². The molecule has 0 aliphatic carbocycles. The molecule has 9 heteroatoms. The number of nitrogens with one attached hydrogen (secondary N) is 2. The third kappa shape index (κ3) is 5.49. The van der Waals surface area contributed by atoms with Crippen LogP contribution in [-0.4, -0.2) is 59.6 Å². The Labute approximate surface area is 164 Å². The number of hydrogen-bond donors (Lipinski definition) is 3. The van der Waals surface area contributed by atoms with Gasteiger partial charge in [0.05, 0.1) is 28.7 Å². The van der Waals surface area contributed by atoms with E-state index in [1.807, 2.05) is 13.0 Å². The molecule has 2 aromatic heterocycles. The van der Waals surface area contributed by atoms with Gasteiger partial charge in [0.1, 0.15) is 12.1 Å². The van der Waals surface area contributed by atoms with E-state index < -0.39 is 5.60 Å². The summed E-state index contributed by atoms with van der Waals surface area (Å²) in [4.78, 5) is 20.8. The third-order valence-electron chi connectivity index (χ3n) is 4.35. The Bertz CT molecular complexity index is 768. The third-order valence-corrected chi connectivity index (χ3v) is 4.35. The summed E-state index contributed by atoms with van der Waals surface area (Å²) in [5.41, 5.74) is 1.64. The van der Waals surface area contributed by atoms with Crippen molar-refractivity contribution < 1.29 is 19.4 Å². The zero-order valence-electron chi connectivity index (χ0n) is 15.2. The van der Waals surface area contributed by atoms with Crippen LogP contribution in [-0.2, 0) is 14.3 Å². The Morgan fingerprint density at radius 1 is 1.37 bits per heavy atom. The zero-order chi connectivity index (χ0) is 18.4. The highest BCUT2D eigenvalue weighted by molar-refractivity contribution is 6.01. The molecule has 1 saturated heterocycles. The molecule has 3 rings (SSSR count). The van der Waals surface area contributed by atoms with Crippen molar-refractivity contribution in [3.63, 3.8) is 0 Å². The second-order valence-electron chi connectivity index (χ2n) is 6.29. The van der Waals surface area contributed by atoms with Gasteiger partial charge < -0.3 is 25.2 Å². The normalized spacial score (nSPS) is 15.8. The maximum Gasteiger partial charge on any atom is 0.250 e. The van der Waals surface area contributed by atoms with Gasteiger partial charge in [-0.2, -0.15) is 0 Å². The van der Waals surface area contributed by atoms with E-state index in [1.54, 1.807) is 18.5 Å². The average molecular weight is 397 g/mol. The lowest BCUT2D eigenvalue weighted by Crippen LogP contribution is -2.42. The Kier molecular flexibility index (Phi) is 7.73.